The standard InChI is InChI=1S/C28H30N4O3/c1-5-14-34-19-7-8-23-20(16-19)25(21(17-29)26(33)31(23)4)32-12-10-28(3,11-13-32)27-30-22-15-18(2)6-9-24(22)35-27/h6-9,15-16H,5,10-14H2,1-4H3. The van der Waals surface area contributed by atoms with Gasteiger partial charge in [0.2, 0.25) is 5.89 Å². The average Bonchev–Trinajstić information content (AvgIpc) is 3.29. The van der Waals surface area contributed by atoms with E-state index in [-0.39, 0.29) is 16.5 Å². The topological polar surface area (TPSA) is 84.3 Å². The Kier molecular flexibility index (Phi) is 5.76. The Bertz CT molecular complexity index is 1520. The number of hydrogen-bond donors (Lipinski definition) is 0. The number of rotatable bonds is 5. The monoisotopic (exact) mass is 470 g/mol. The molecule has 1 fully saturated rings. The predicted molar refractivity (Wildman–Crippen MR) is 137 cm³/mol. The van der Waals surface area contributed by atoms with Crippen LogP contribution >= 0.6 is 0 Å². The second kappa shape index (κ2) is 8.77. The Morgan fingerprint density at radius 1 is 1.20 bits per heavy atom. The minimum Gasteiger partial charge on any atom is -0.494 e. The molecular formula is C28H30N4O3. The van der Waals surface area contributed by atoms with Gasteiger partial charge in [0.25, 0.3) is 5.56 Å². The zero-order valence-electron chi connectivity index (χ0n) is 20.7. The molecule has 0 bridgehead atoms. The van der Waals surface area contributed by atoms with Crippen LogP contribution in [0.4, 0.5) is 5.69 Å². The van der Waals surface area contributed by atoms with Crippen LogP contribution in [0.2, 0.25) is 0 Å². The van der Waals surface area contributed by atoms with E-state index in [1.807, 2.05) is 43.3 Å². The number of piperidine rings is 1. The number of aryl methyl sites for hydroxylation is 2. The number of pyridine rings is 1. The number of nitrogens with zero attached hydrogens (tertiary/aromatic N) is 4. The molecule has 7 heteroatoms. The molecule has 0 unspecified atom stereocenters. The molecule has 5 rings (SSSR count). The Morgan fingerprint density at radius 2 is 1.97 bits per heavy atom. The number of anilines is 1. The molecule has 0 N–H and O–H groups in total. The van der Waals surface area contributed by atoms with Gasteiger partial charge in [-0.25, -0.2) is 4.98 Å². The summed E-state index contributed by atoms with van der Waals surface area (Å²) in [6.45, 7) is 8.28. The molecule has 0 amide bonds. The van der Waals surface area contributed by atoms with E-state index in [0.717, 1.165) is 58.5 Å². The van der Waals surface area contributed by atoms with Crippen LogP contribution in [0.3, 0.4) is 0 Å². The van der Waals surface area contributed by atoms with Crippen LogP contribution in [0.25, 0.3) is 22.0 Å². The van der Waals surface area contributed by atoms with E-state index in [2.05, 4.69) is 24.8 Å². The Morgan fingerprint density at radius 3 is 2.69 bits per heavy atom. The van der Waals surface area contributed by atoms with Gasteiger partial charge in [-0.2, -0.15) is 5.26 Å². The van der Waals surface area contributed by atoms with Crippen LogP contribution in [-0.2, 0) is 12.5 Å². The maximum atomic E-state index is 13.1. The Labute approximate surface area is 204 Å². The minimum absolute atomic E-state index is 0.175. The summed E-state index contributed by atoms with van der Waals surface area (Å²) in [4.78, 5) is 20.0. The average molecular weight is 471 g/mol. The number of benzene rings is 2. The maximum absolute atomic E-state index is 13.1. The quantitative estimate of drug-likeness (QED) is 0.398. The fraction of sp³-hybridized carbons (Fsp3) is 0.393. The third kappa shape index (κ3) is 3.93. The van der Waals surface area contributed by atoms with Crippen molar-refractivity contribution >= 4 is 27.7 Å². The van der Waals surface area contributed by atoms with E-state index >= 15 is 0 Å². The summed E-state index contributed by atoms with van der Waals surface area (Å²) in [5.41, 5.74) is 4.00. The van der Waals surface area contributed by atoms with Gasteiger partial charge in [0.1, 0.15) is 22.9 Å². The van der Waals surface area contributed by atoms with Gasteiger partial charge in [-0.05, 0) is 62.1 Å². The Hall–Kier alpha value is -3.79. The number of aromatic nitrogens is 2. The summed E-state index contributed by atoms with van der Waals surface area (Å²) in [5, 5.41) is 10.8. The summed E-state index contributed by atoms with van der Waals surface area (Å²) in [6.07, 6.45) is 2.50. The van der Waals surface area contributed by atoms with Gasteiger partial charge in [0.05, 0.1) is 17.8 Å². The summed E-state index contributed by atoms with van der Waals surface area (Å²) in [7, 11) is 1.71. The van der Waals surface area contributed by atoms with Crippen LogP contribution in [0, 0.1) is 18.3 Å². The molecule has 35 heavy (non-hydrogen) atoms. The zero-order valence-corrected chi connectivity index (χ0v) is 20.7. The summed E-state index contributed by atoms with van der Waals surface area (Å²) >= 11 is 0. The molecule has 0 radical (unpaired) electrons. The Balaban J connectivity index is 1.52. The second-order valence-electron chi connectivity index (χ2n) is 9.76. The molecule has 7 nitrogen and oxygen atoms in total. The molecule has 1 aliphatic rings. The first-order chi connectivity index (χ1) is 16.8. The van der Waals surface area contributed by atoms with Crippen molar-refractivity contribution in [3.63, 3.8) is 0 Å². The summed E-state index contributed by atoms with van der Waals surface area (Å²) in [5.74, 6) is 1.49. The number of oxazole rings is 1. The molecule has 0 aliphatic carbocycles. The van der Waals surface area contributed by atoms with Crippen molar-refractivity contribution in [2.75, 3.05) is 24.6 Å². The number of nitriles is 1. The number of fused-ring (bicyclic) bond motifs is 2. The van der Waals surface area contributed by atoms with Crippen LogP contribution in [0.5, 0.6) is 5.75 Å². The van der Waals surface area contributed by atoms with Crippen molar-refractivity contribution in [1.82, 2.24) is 9.55 Å². The highest BCUT2D eigenvalue weighted by Gasteiger charge is 2.37. The molecule has 2 aromatic heterocycles. The third-order valence-electron chi connectivity index (χ3n) is 7.17. The zero-order chi connectivity index (χ0) is 24.7. The van der Waals surface area contributed by atoms with E-state index in [1.165, 1.54) is 0 Å². The molecule has 0 saturated carbocycles. The molecule has 1 aliphatic heterocycles. The first kappa shape index (κ1) is 23.0. The van der Waals surface area contributed by atoms with E-state index in [9.17, 15) is 10.1 Å². The second-order valence-corrected chi connectivity index (χ2v) is 9.76. The van der Waals surface area contributed by atoms with Gasteiger partial charge < -0.3 is 18.6 Å². The van der Waals surface area contributed by atoms with Gasteiger partial charge in [0.15, 0.2) is 5.58 Å². The lowest BCUT2D eigenvalue weighted by molar-refractivity contribution is 0.292. The van der Waals surface area contributed by atoms with Gasteiger partial charge in [0, 0.05) is 30.9 Å². The number of hydrogen-bond acceptors (Lipinski definition) is 6. The van der Waals surface area contributed by atoms with Crippen LogP contribution in [0.15, 0.2) is 45.6 Å². The van der Waals surface area contributed by atoms with Crippen molar-refractivity contribution < 1.29 is 9.15 Å². The van der Waals surface area contributed by atoms with Crippen molar-refractivity contribution in [3.05, 3.63) is 63.8 Å². The molecule has 0 spiro atoms. The molecule has 0 atom stereocenters. The van der Waals surface area contributed by atoms with Crippen LogP contribution < -0.4 is 15.2 Å². The summed E-state index contributed by atoms with van der Waals surface area (Å²) < 4.78 is 13.6. The van der Waals surface area contributed by atoms with E-state index in [4.69, 9.17) is 14.1 Å². The predicted octanol–water partition coefficient (Wildman–Crippen LogP) is 5.21. The molecule has 4 aromatic rings. The first-order valence-corrected chi connectivity index (χ1v) is 12.2. The smallest absolute Gasteiger partial charge is 0.270 e. The lowest BCUT2D eigenvalue weighted by atomic mass is 9.80. The molecule has 180 valence electrons. The van der Waals surface area contributed by atoms with Gasteiger partial charge in [-0.15, -0.1) is 0 Å². The SMILES string of the molecule is CCCOc1ccc2c(c1)c(N1CCC(C)(c3nc4cc(C)ccc4o3)CC1)c(C#N)c(=O)n2C. The van der Waals surface area contributed by atoms with E-state index in [1.54, 1.807) is 11.6 Å². The third-order valence-corrected chi connectivity index (χ3v) is 7.17. The normalized spacial score (nSPS) is 15.5. The molecule has 1 saturated heterocycles. The van der Waals surface area contributed by atoms with Crippen molar-refractivity contribution in [2.45, 2.75) is 45.4 Å². The van der Waals surface area contributed by atoms with Crippen molar-refractivity contribution in [2.24, 2.45) is 7.05 Å². The molecule has 3 heterocycles. The lowest BCUT2D eigenvalue weighted by Crippen LogP contribution is -2.42. The van der Waals surface area contributed by atoms with Crippen LogP contribution in [0.1, 0.15) is 50.1 Å². The van der Waals surface area contributed by atoms with Crippen molar-refractivity contribution in [1.29, 1.82) is 5.26 Å². The van der Waals surface area contributed by atoms with Crippen LogP contribution in [-0.4, -0.2) is 29.2 Å². The highest BCUT2D eigenvalue weighted by molar-refractivity contribution is 5.96. The molecule has 2 aromatic carbocycles. The van der Waals surface area contributed by atoms with Gasteiger partial charge >= 0.3 is 0 Å². The maximum Gasteiger partial charge on any atom is 0.270 e. The fourth-order valence-corrected chi connectivity index (χ4v) is 4.98. The van der Waals surface area contributed by atoms with Crippen molar-refractivity contribution in [3.8, 4) is 11.8 Å². The van der Waals surface area contributed by atoms with Gasteiger partial charge in [-0.1, -0.05) is 19.9 Å². The summed E-state index contributed by atoms with van der Waals surface area (Å²) in [6, 6.07) is 14.0. The largest absolute Gasteiger partial charge is 0.494 e. The fourth-order valence-electron chi connectivity index (χ4n) is 4.98. The minimum atomic E-state index is -0.278. The van der Waals surface area contributed by atoms with E-state index in [0.29, 0.717) is 25.4 Å². The molecular weight excluding hydrogens is 440 g/mol. The first-order valence-electron chi connectivity index (χ1n) is 12.2. The van der Waals surface area contributed by atoms with Gasteiger partial charge in [-0.3, -0.25) is 4.79 Å². The van der Waals surface area contributed by atoms with E-state index < -0.39 is 0 Å². The number of ether oxygens (including phenoxy) is 1. The highest BCUT2D eigenvalue weighted by atomic mass is 16.5. The lowest BCUT2D eigenvalue weighted by Gasteiger charge is -2.39. The highest BCUT2D eigenvalue weighted by Crippen LogP contribution is 2.40.